The van der Waals surface area contributed by atoms with Crippen molar-refractivity contribution in [3.63, 3.8) is 0 Å². The summed E-state index contributed by atoms with van der Waals surface area (Å²) in [4.78, 5) is 22.6. The zero-order valence-electron chi connectivity index (χ0n) is 16.3. The smallest absolute Gasteiger partial charge is 0.260 e. The number of fused-ring (bicyclic) bond motifs is 3. The van der Waals surface area contributed by atoms with Gasteiger partial charge in [0.2, 0.25) is 0 Å². The molecule has 0 unspecified atom stereocenters. The number of quaternary nitrogens is 1. The van der Waals surface area contributed by atoms with E-state index in [0.717, 1.165) is 35.3 Å². The van der Waals surface area contributed by atoms with Gasteiger partial charge in [0, 0.05) is 10.4 Å². The van der Waals surface area contributed by atoms with Gasteiger partial charge in [-0.3, -0.25) is 4.79 Å². The Balaban J connectivity index is 1.46. The normalized spacial score (nSPS) is 14.8. The van der Waals surface area contributed by atoms with Crippen molar-refractivity contribution in [2.75, 3.05) is 0 Å². The average molecular weight is 383 g/mol. The second-order valence-corrected chi connectivity index (χ2v) is 9.20. The van der Waals surface area contributed by atoms with Gasteiger partial charge in [0.1, 0.15) is 17.4 Å². The molecule has 5 heteroatoms. The first-order chi connectivity index (χ1) is 13.0. The number of nitrogens with two attached hydrogens (primary N) is 1. The third-order valence-corrected chi connectivity index (χ3v) is 6.62. The van der Waals surface area contributed by atoms with Gasteiger partial charge in [-0.2, -0.15) is 0 Å². The molecule has 1 aliphatic rings. The molecule has 1 aromatic carbocycles. The highest BCUT2D eigenvalue weighted by Crippen LogP contribution is 2.34. The number of H-pyrrole nitrogens is 1. The van der Waals surface area contributed by atoms with Crippen LogP contribution in [0.4, 0.5) is 0 Å². The number of hydrogen-bond donors (Lipinski definition) is 2. The van der Waals surface area contributed by atoms with Gasteiger partial charge in [-0.15, -0.1) is 11.3 Å². The molecule has 0 fully saturated rings. The van der Waals surface area contributed by atoms with Crippen molar-refractivity contribution in [2.45, 2.75) is 59.0 Å². The number of benzene rings is 1. The first-order valence-corrected chi connectivity index (χ1v) is 10.8. The van der Waals surface area contributed by atoms with Crippen LogP contribution >= 0.6 is 11.3 Å². The second-order valence-electron chi connectivity index (χ2n) is 8.12. The lowest BCUT2D eigenvalue weighted by Crippen LogP contribution is -2.83. The van der Waals surface area contributed by atoms with E-state index in [0.29, 0.717) is 18.5 Å². The maximum absolute atomic E-state index is 12.6. The molecule has 1 aliphatic carbocycles. The predicted octanol–water partition coefficient (Wildman–Crippen LogP) is 3.50. The highest BCUT2D eigenvalue weighted by atomic mass is 32.1. The number of thiophene rings is 1. The number of aryl methyl sites for hydroxylation is 2. The van der Waals surface area contributed by atoms with Gasteiger partial charge < -0.3 is 10.3 Å². The van der Waals surface area contributed by atoms with E-state index in [1.807, 2.05) is 0 Å². The van der Waals surface area contributed by atoms with Crippen LogP contribution in [0.3, 0.4) is 0 Å². The summed E-state index contributed by atoms with van der Waals surface area (Å²) in [6.07, 6.45) is 4.41. The molecule has 2 heterocycles. The molecule has 1 atom stereocenters. The first kappa shape index (κ1) is 18.4. The molecule has 0 saturated carbocycles. The molecule has 0 radical (unpaired) electrons. The zero-order valence-corrected chi connectivity index (χ0v) is 17.2. The fraction of sp³-hybridized carbons (Fsp3) is 0.455. The molecule has 0 aliphatic heterocycles. The Bertz CT molecular complexity index is 1000. The second kappa shape index (κ2) is 7.56. The molecule has 0 bridgehead atoms. The largest absolute Gasteiger partial charge is 0.334 e. The maximum Gasteiger partial charge on any atom is 0.260 e. The fourth-order valence-electron chi connectivity index (χ4n) is 4.00. The third-order valence-electron chi connectivity index (χ3n) is 5.44. The van der Waals surface area contributed by atoms with Crippen LogP contribution in [0.15, 0.2) is 29.1 Å². The summed E-state index contributed by atoms with van der Waals surface area (Å²) in [5.74, 6) is 1.45. The molecule has 3 aromatic rings. The Kier molecular flexibility index (Phi) is 5.15. The quantitative estimate of drug-likeness (QED) is 0.685. The maximum atomic E-state index is 12.6. The Morgan fingerprint density at radius 3 is 2.70 bits per heavy atom. The summed E-state index contributed by atoms with van der Waals surface area (Å²) in [5.41, 5.74) is 3.98. The number of rotatable bonds is 6. The minimum atomic E-state index is 0.0356. The zero-order chi connectivity index (χ0) is 19.0. The van der Waals surface area contributed by atoms with E-state index >= 15 is 0 Å². The molecule has 142 valence electrons. The van der Waals surface area contributed by atoms with Crippen LogP contribution in [0, 0.1) is 5.92 Å². The van der Waals surface area contributed by atoms with Gasteiger partial charge in [-0.1, -0.05) is 38.1 Å². The van der Waals surface area contributed by atoms with E-state index in [-0.39, 0.29) is 5.56 Å². The molecule has 0 amide bonds. The average Bonchev–Trinajstić information content (AvgIpc) is 3.20. The summed E-state index contributed by atoms with van der Waals surface area (Å²) in [6, 6.07) is 9.25. The number of nitrogens with zero attached hydrogens (tertiary/aromatic N) is 1. The van der Waals surface area contributed by atoms with Crippen LogP contribution < -0.4 is 10.9 Å². The van der Waals surface area contributed by atoms with Gasteiger partial charge in [0.05, 0.1) is 5.39 Å². The predicted molar refractivity (Wildman–Crippen MR) is 111 cm³/mol. The van der Waals surface area contributed by atoms with Gasteiger partial charge in [-0.05, 0) is 49.7 Å². The van der Waals surface area contributed by atoms with E-state index in [9.17, 15) is 4.79 Å². The van der Waals surface area contributed by atoms with Crippen molar-refractivity contribution in [1.82, 2.24) is 9.97 Å². The van der Waals surface area contributed by atoms with Crippen LogP contribution in [0.1, 0.15) is 60.6 Å². The van der Waals surface area contributed by atoms with E-state index in [4.69, 9.17) is 4.98 Å². The number of aromatic amines is 1. The van der Waals surface area contributed by atoms with Crippen molar-refractivity contribution >= 4 is 21.6 Å². The lowest BCUT2D eigenvalue weighted by molar-refractivity contribution is -0.708. The first-order valence-electron chi connectivity index (χ1n) is 9.97. The number of aromatic nitrogens is 2. The molecular formula is C22H28N3OS+. The van der Waals surface area contributed by atoms with Crippen LogP contribution in [-0.4, -0.2) is 9.97 Å². The van der Waals surface area contributed by atoms with Crippen molar-refractivity contribution < 1.29 is 5.32 Å². The monoisotopic (exact) mass is 382 g/mol. The number of hydrogen-bond acceptors (Lipinski definition) is 3. The fourth-order valence-corrected chi connectivity index (χ4v) is 5.28. The van der Waals surface area contributed by atoms with E-state index in [2.05, 4.69) is 55.3 Å². The summed E-state index contributed by atoms with van der Waals surface area (Å²) in [7, 11) is 0. The van der Waals surface area contributed by atoms with Crippen molar-refractivity contribution in [1.29, 1.82) is 0 Å². The molecule has 4 rings (SSSR count). The van der Waals surface area contributed by atoms with Crippen molar-refractivity contribution in [3.8, 4) is 0 Å². The molecule has 0 saturated heterocycles. The van der Waals surface area contributed by atoms with Crippen molar-refractivity contribution in [2.24, 2.45) is 5.92 Å². The lowest BCUT2D eigenvalue weighted by atomic mass is 10.00. The van der Waals surface area contributed by atoms with Gasteiger partial charge in [-0.25, -0.2) is 4.98 Å². The number of nitrogens with one attached hydrogen (secondary N) is 1. The summed E-state index contributed by atoms with van der Waals surface area (Å²) in [6.45, 7) is 7.38. The third kappa shape index (κ3) is 3.85. The highest BCUT2D eigenvalue weighted by Gasteiger charge is 2.21. The summed E-state index contributed by atoms with van der Waals surface area (Å²) < 4.78 is 0. The molecule has 3 N–H and O–H groups in total. The Morgan fingerprint density at radius 2 is 1.96 bits per heavy atom. The highest BCUT2D eigenvalue weighted by molar-refractivity contribution is 7.18. The molecular weight excluding hydrogens is 354 g/mol. The van der Waals surface area contributed by atoms with E-state index in [1.165, 1.54) is 28.0 Å². The van der Waals surface area contributed by atoms with Crippen LogP contribution in [0.2, 0.25) is 0 Å². The van der Waals surface area contributed by atoms with Crippen molar-refractivity contribution in [3.05, 3.63) is 62.0 Å². The Morgan fingerprint density at radius 1 is 1.19 bits per heavy atom. The minimum Gasteiger partial charge on any atom is -0.334 e. The summed E-state index contributed by atoms with van der Waals surface area (Å²) >= 11 is 1.71. The van der Waals surface area contributed by atoms with Gasteiger partial charge >= 0.3 is 0 Å². The van der Waals surface area contributed by atoms with Gasteiger partial charge in [0.25, 0.3) is 5.56 Å². The SMILES string of the molecule is CC(C)Cc1ccc([C@H](C)[NH2+]Cc2nc3sc4c(c3c(=O)[nH]2)CCC4)cc1. The summed E-state index contributed by atoms with van der Waals surface area (Å²) in [5, 5.41) is 3.08. The topological polar surface area (TPSA) is 62.4 Å². The minimum absolute atomic E-state index is 0.0356. The standard InChI is InChI=1S/C22H27N3OS/c1-13(2)11-15-7-9-16(10-8-15)14(3)23-12-19-24-21(26)20-17-5-4-6-18(17)27-22(20)25-19/h7-10,13-14,23H,4-6,11-12H2,1-3H3,(H,24,25,26)/p+1/t14-/m0/s1. The Hall–Kier alpha value is -1.98. The Labute approximate surface area is 164 Å². The van der Waals surface area contributed by atoms with E-state index in [1.54, 1.807) is 11.3 Å². The molecule has 4 nitrogen and oxygen atoms in total. The van der Waals surface area contributed by atoms with Crippen LogP contribution in [0.5, 0.6) is 0 Å². The molecule has 27 heavy (non-hydrogen) atoms. The molecule has 2 aromatic heterocycles. The van der Waals surface area contributed by atoms with Crippen LogP contribution in [0.25, 0.3) is 10.2 Å². The lowest BCUT2D eigenvalue weighted by Gasteiger charge is -2.12. The van der Waals surface area contributed by atoms with Gasteiger partial charge in [0.15, 0.2) is 5.82 Å². The van der Waals surface area contributed by atoms with E-state index < -0.39 is 0 Å². The molecule has 0 spiro atoms. The van der Waals surface area contributed by atoms with Crippen LogP contribution in [-0.2, 0) is 25.8 Å².